The molecule has 1 aliphatic heterocycles. The lowest BCUT2D eigenvalue weighted by molar-refractivity contribution is 0.275. The van der Waals surface area contributed by atoms with E-state index in [1.54, 1.807) is 0 Å². The van der Waals surface area contributed by atoms with E-state index in [1.165, 1.54) is 25.7 Å². The summed E-state index contributed by atoms with van der Waals surface area (Å²) in [6.07, 6.45) is 6.86. The number of hydrogen-bond acceptors (Lipinski definition) is 2. The van der Waals surface area contributed by atoms with E-state index in [0.29, 0.717) is 17.4 Å². The third-order valence-corrected chi connectivity index (χ3v) is 5.43. The molecule has 0 aromatic carbocycles. The Balaban J connectivity index is 2.42. The molecule has 1 fully saturated rings. The standard InChI is InChI=1S/C12H24O2S/c1-3-5-6-11(4-2)12-7-9-15(13,14)10-8-12/h11-12H,3-10H2,1-2H3. The second-order valence-electron chi connectivity index (χ2n) is 4.80. The normalized spacial score (nSPS) is 23.9. The Hall–Kier alpha value is -0.0500. The molecule has 2 nitrogen and oxygen atoms in total. The van der Waals surface area contributed by atoms with Crippen LogP contribution in [0.2, 0.25) is 0 Å². The summed E-state index contributed by atoms with van der Waals surface area (Å²) in [6.45, 7) is 4.46. The van der Waals surface area contributed by atoms with Gasteiger partial charge in [0.05, 0.1) is 11.5 Å². The molecule has 0 radical (unpaired) electrons. The van der Waals surface area contributed by atoms with Crippen LogP contribution in [0.4, 0.5) is 0 Å². The number of sulfone groups is 1. The molecule has 1 saturated heterocycles. The zero-order valence-electron chi connectivity index (χ0n) is 10.0. The molecule has 0 aliphatic carbocycles. The second-order valence-corrected chi connectivity index (χ2v) is 7.10. The molecular formula is C12H24O2S. The lowest BCUT2D eigenvalue weighted by atomic mass is 9.82. The minimum atomic E-state index is -2.68. The van der Waals surface area contributed by atoms with Crippen LogP contribution < -0.4 is 0 Å². The van der Waals surface area contributed by atoms with Gasteiger partial charge in [-0.1, -0.05) is 39.5 Å². The largest absolute Gasteiger partial charge is 0.229 e. The summed E-state index contributed by atoms with van der Waals surface area (Å²) in [6, 6.07) is 0. The van der Waals surface area contributed by atoms with E-state index in [1.807, 2.05) is 0 Å². The van der Waals surface area contributed by atoms with Crippen molar-refractivity contribution in [2.24, 2.45) is 11.8 Å². The zero-order chi connectivity index (χ0) is 11.3. The fourth-order valence-electron chi connectivity index (χ4n) is 2.62. The van der Waals surface area contributed by atoms with Crippen LogP contribution in [0.15, 0.2) is 0 Å². The summed E-state index contributed by atoms with van der Waals surface area (Å²) in [4.78, 5) is 0. The SMILES string of the molecule is CCCCC(CC)C1CCS(=O)(=O)CC1. The molecule has 15 heavy (non-hydrogen) atoms. The molecule has 0 aromatic rings. The van der Waals surface area contributed by atoms with Gasteiger partial charge in [-0.05, 0) is 24.7 Å². The molecule has 1 aliphatic rings. The van der Waals surface area contributed by atoms with Crippen LogP contribution in [0, 0.1) is 11.8 Å². The minimum absolute atomic E-state index is 0.431. The lowest BCUT2D eigenvalue weighted by Crippen LogP contribution is -2.28. The number of rotatable bonds is 5. The van der Waals surface area contributed by atoms with Gasteiger partial charge in [0.25, 0.3) is 0 Å². The summed E-state index contributed by atoms with van der Waals surface area (Å²) < 4.78 is 22.6. The van der Waals surface area contributed by atoms with E-state index in [2.05, 4.69) is 13.8 Å². The van der Waals surface area contributed by atoms with Crippen LogP contribution in [0.3, 0.4) is 0 Å². The van der Waals surface area contributed by atoms with Crippen molar-refractivity contribution in [3.63, 3.8) is 0 Å². The molecule has 0 amide bonds. The monoisotopic (exact) mass is 232 g/mol. The highest BCUT2D eigenvalue weighted by Crippen LogP contribution is 2.31. The maximum Gasteiger partial charge on any atom is 0.150 e. The first-order valence-electron chi connectivity index (χ1n) is 6.29. The van der Waals surface area contributed by atoms with Crippen molar-refractivity contribution >= 4 is 9.84 Å². The van der Waals surface area contributed by atoms with Crippen LogP contribution in [0.5, 0.6) is 0 Å². The van der Waals surface area contributed by atoms with E-state index in [4.69, 9.17) is 0 Å². The van der Waals surface area contributed by atoms with Crippen LogP contribution in [-0.2, 0) is 9.84 Å². The van der Waals surface area contributed by atoms with Crippen molar-refractivity contribution in [1.29, 1.82) is 0 Å². The molecule has 1 rings (SSSR count). The molecule has 3 heteroatoms. The fraction of sp³-hybridized carbons (Fsp3) is 1.00. The van der Waals surface area contributed by atoms with Crippen molar-refractivity contribution in [1.82, 2.24) is 0 Å². The molecule has 0 bridgehead atoms. The quantitative estimate of drug-likeness (QED) is 0.730. The first-order chi connectivity index (χ1) is 7.09. The minimum Gasteiger partial charge on any atom is -0.229 e. The van der Waals surface area contributed by atoms with Gasteiger partial charge in [-0.2, -0.15) is 0 Å². The average Bonchev–Trinajstić information content (AvgIpc) is 2.21. The fourth-order valence-corrected chi connectivity index (χ4v) is 4.15. The van der Waals surface area contributed by atoms with Gasteiger partial charge in [0.1, 0.15) is 9.84 Å². The average molecular weight is 232 g/mol. The van der Waals surface area contributed by atoms with Gasteiger partial charge in [0.2, 0.25) is 0 Å². The lowest BCUT2D eigenvalue weighted by Gasteiger charge is -2.29. The van der Waals surface area contributed by atoms with Gasteiger partial charge in [0, 0.05) is 0 Å². The van der Waals surface area contributed by atoms with Crippen molar-refractivity contribution in [2.45, 2.75) is 52.4 Å². The molecular weight excluding hydrogens is 208 g/mol. The molecule has 0 aromatic heterocycles. The summed E-state index contributed by atoms with van der Waals surface area (Å²) >= 11 is 0. The topological polar surface area (TPSA) is 34.1 Å². The van der Waals surface area contributed by atoms with Gasteiger partial charge in [-0.25, -0.2) is 8.42 Å². The Labute approximate surface area is 94.4 Å². The van der Waals surface area contributed by atoms with E-state index in [0.717, 1.165) is 18.8 Å². The first-order valence-corrected chi connectivity index (χ1v) is 8.11. The van der Waals surface area contributed by atoms with E-state index in [9.17, 15) is 8.42 Å². The van der Waals surface area contributed by atoms with Gasteiger partial charge in [-0.3, -0.25) is 0 Å². The predicted molar refractivity (Wildman–Crippen MR) is 64.7 cm³/mol. The Morgan fingerprint density at radius 2 is 1.80 bits per heavy atom. The highest BCUT2D eigenvalue weighted by Gasteiger charge is 2.28. The molecule has 90 valence electrons. The van der Waals surface area contributed by atoms with Crippen LogP contribution in [-0.4, -0.2) is 19.9 Å². The van der Waals surface area contributed by atoms with Crippen molar-refractivity contribution in [2.75, 3.05) is 11.5 Å². The molecule has 1 unspecified atom stereocenters. The number of hydrogen-bond donors (Lipinski definition) is 0. The van der Waals surface area contributed by atoms with Crippen LogP contribution >= 0.6 is 0 Å². The summed E-state index contributed by atoms with van der Waals surface area (Å²) in [5.41, 5.74) is 0. The Kier molecular flexibility index (Phi) is 5.10. The third-order valence-electron chi connectivity index (χ3n) is 3.72. The summed E-state index contributed by atoms with van der Waals surface area (Å²) in [5.74, 6) is 2.30. The van der Waals surface area contributed by atoms with Gasteiger partial charge in [-0.15, -0.1) is 0 Å². The maximum atomic E-state index is 11.3. The molecule has 1 atom stereocenters. The van der Waals surface area contributed by atoms with Gasteiger partial charge >= 0.3 is 0 Å². The molecule has 0 saturated carbocycles. The van der Waals surface area contributed by atoms with Crippen molar-refractivity contribution < 1.29 is 8.42 Å². The summed E-state index contributed by atoms with van der Waals surface area (Å²) in [5, 5.41) is 0. The Morgan fingerprint density at radius 1 is 1.20 bits per heavy atom. The third kappa shape index (κ3) is 4.13. The maximum absolute atomic E-state index is 11.3. The Morgan fingerprint density at radius 3 is 2.27 bits per heavy atom. The van der Waals surface area contributed by atoms with Crippen molar-refractivity contribution in [3.8, 4) is 0 Å². The second kappa shape index (κ2) is 5.88. The van der Waals surface area contributed by atoms with E-state index >= 15 is 0 Å². The predicted octanol–water partition coefficient (Wildman–Crippen LogP) is 3.03. The molecule has 1 heterocycles. The highest BCUT2D eigenvalue weighted by atomic mass is 32.2. The Bertz CT molecular complexity index is 255. The van der Waals surface area contributed by atoms with Crippen LogP contribution in [0.25, 0.3) is 0 Å². The first kappa shape index (κ1) is 13.0. The highest BCUT2D eigenvalue weighted by molar-refractivity contribution is 7.91. The molecule has 0 N–H and O–H groups in total. The van der Waals surface area contributed by atoms with E-state index < -0.39 is 9.84 Å². The van der Waals surface area contributed by atoms with Gasteiger partial charge < -0.3 is 0 Å². The van der Waals surface area contributed by atoms with Crippen LogP contribution in [0.1, 0.15) is 52.4 Å². The smallest absolute Gasteiger partial charge is 0.150 e. The van der Waals surface area contributed by atoms with E-state index in [-0.39, 0.29) is 0 Å². The zero-order valence-corrected chi connectivity index (χ0v) is 10.9. The van der Waals surface area contributed by atoms with Crippen molar-refractivity contribution in [3.05, 3.63) is 0 Å². The summed E-state index contributed by atoms with van der Waals surface area (Å²) in [7, 11) is -2.68. The van der Waals surface area contributed by atoms with Gasteiger partial charge in [0.15, 0.2) is 0 Å². The molecule has 0 spiro atoms. The number of unbranched alkanes of at least 4 members (excludes halogenated alkanes) is 1.